The van der Waals surface area contributed by atoms with E-state index in [-0.39, 0.29) is 0 Å². The Morgan fingerprint density at radius 3 is 1.49 bits per heavy atom. The lowest BCUT2D eigenvalue weighted by atomic mass is 10.1. The van der Waals surface area contributed by atoms with Crippen molar-refractivity contribution in [1.82, 2.24) is 9.13 Å². The summed E-state index contributed by atoms with van der Waals surface area (Å²) in [6, 6.07) is 67.7. The summed E-state index contributed by atoms with van der Waals surface area (Å²) in [5.41, 5.74) is 14.6. The van der Waals surface area contributed by atoms with Crippen LogP contribution in [0.25, 0.3) is 73.7 Å². The Morgan fingerprint density at radius 2 is 0.966 bits per heavy atom. The molecule has 9 aromatic rings. The fraction of sp³-hybridized carbons (Fsp3) is 0.0357. The number of hydrogen-bond acceptors (Lipinski definition) is 1. The van der Waals surface area contributed by atoms with E-state index < -0.39 is 0 Å². The molecule has 288 valence electrons. The Bertz CT molecular complexity index is 2790. The number of para-hydroxylation sites is 1. The summed E-state index contributed by atoms with van der Waals surface area (Å²) in [6.45, 7) is 15.7. The molecule has 0 saturated heterocycles. The number of rotatable bonds is 9. The average molecular weight is 764 g/mol. The monoisotopic (exact) mass is 763 g/mol. The molecular weight excluding hydrogens is 715 g/mol. The summed E-state index contributed by atoms with van der Waals surface area (Å²) in [5, 5.41) is 5.99. The minimum Gasteiger partial charge on any atom is -0.359 e. The van der Waals surface area contributed by atoms with Crippen molar-refractivity contribution in [3.63, 3.8) is 0 Å². The molecule has 0 fully saturated rings. The van der Waals surface area contributed by atoms with Gasteiger partial charge in [-0.2, -0.15) is 0 Å². The van der Waals surface area contributed by atoms with Crippen LogP contribution in [0, 0.1) is 0 Å². The molecule has 9 rings (SSSR count). The Morgan fingerprint density at radius 1 is 0.492 bits per heavy atom. The fourth-order valence-corrected chi connectivity index (χ4v) is 7.40. The highest BCUT2D eigenvalue weighted by Gasteiger charge is 2.16. The van der Waals surface area contributed by atoms with Gasteiger partial charge in [0.2, 0.25) is 0 Å². The predicted octanol–water partition coefficient (Wildman–Crippen LogP) is 15.5. The summed E-state index contributed by atoms with van der Waals surface area (Å²) in [4.78, 5) is 0. The van der Waals surface area contributed by atoms with Crippen molar-refractivity contribution >= 4 is 45.7 Å². The quantitative estimate of drug-likeness (QED) is 0.145. The maximum absolute atomic E-state index is 4.25. The van der Waals surface area contributed by atoms with E-state index in [1.54, 1.807) is 6.08 Å². The van der Waals surface area contributed by atoms with Crippen LogP contribution in [0.3, 0.4) is 0 Å². The molecule has 0 atom stereocenters. The SMILES string of the molecule is C=CC.C=Cc1cc2cc(N/C(C)=C/c3c(C=C)n(-c4ccc(-c5ccccc5)cc4)c4ccccc34)ccc2n1-c1ccc(-c2ccccc2)cc1.c1ccccc1. The van der Waals surface area contributed by atoms with Crippen molar-refractivity contribution in [2.24, 2.45) is 0 Å². The lowest BCUT2D eigenvalue weighted by Crippen LogP contribution is -1.98. The van der Waals surface area contributed by atoms with Crippen LogP contribution in [-0.2, 0) is 0 Å². The normalized spacial score (nSPS) is 10.8. The van der Waals surface area contributed by atoms with E-state index >= 15 is 0 Å². The number of allylic oxidation sites excluding steroid dienone is 2. The van der Waals surface area contributed by atoms with Crippen LogP contribution in [0.4, 0.5) is 5.69 Å². The summed E-state index contributed by atoms with van der Waals surface area (Å²) in [7, 11) is 0. The lowest BCUT2D eigenvalue weighted by molar-refractivity contribution is 1.11. The van der Waals surface area contributed by atoms with E-state index in [1.165, 1.54) is 27.6 Å². The van der Waals surface area contributed by atoms with Crippen LogP contribution in [0.15, 0.2) is 226 Å². The summed E-state index contributed by atoms with van der Waals surface area (Å²) in [6.07, 6.45) is 7.86. The Kier molecular flexibility index (Phi) is 12.8. The molecule has 2 aromatic heterocycles. The number of fused-ring (bicyclic) bond motifs is 2. The Balaban J connectivity index is 0.000000527. The Hall–Kier alpha value is -7.62. The van der Waals surface area contributed by atoms with Gasteiger partial charge >= 0.3 is 0 Å². The zero-order chi connectivity index (χ0) is 41.0. The van der Waals surface area contributed by atoms with Crippen molar-refractivity contribution in [2.45, 2.75) is 13.8 Å². The molecule has 0 aliphatic carbocycles. The van der Waals surface area contributed by atoms with Crippen LogP contribution in [-0.4, -0.2) is 9.13 Å². The molecule has 0 radical (unpaired) electrons. The second-order valence-electron chi connectivity index (χ2n) is 14.1. The van der Waals surface area contributed by atoms with Gasteiger partial charge in [0.25, 0.3) is 0 Å². The standard InChI is InChI=1S/C47H37N3.C6H6.C3H6/c1-4-40-32-38-31-39(24-29-46(38)49(40)41-25-20-36(21-26-41)34-14-8-6-9-15-34)48-33(3)30-44-43-18-12-13-19-47(43)50(45(44)5-2)42-27-22-37(23-28-42)35-16-10-7-11-17-35;1-2-4-6-5-3-1;1-3-2/h4-32,48H,1-2H2,3H3;1-6H;3H,1H2,2H3/b33-30+;;. The van der Waals surface area contributed by atoms with Crippen LogP contribution >= 0.6 is 0 Å². The number of benzene rings is 7. The van der Waals surface area contributed by atoms with Gasteiger partial charge in [-0.1, -0.05) is 159 Å². The van der Waals surface area contributed by atoms with E-state index in [2.05, 4.69) is 193 Å². The van der Waals surface area contributed by atoms with Gasteiger partial charge in [-0.05, 0) is 109 Å². The molecule has 0 saturated carbocycles. The molecule has 1 N–H and O–H groups in total. The third kappa shape index (κ3) is 9.01. The number of hydrogen-bond donors (Lipinski definition) is 1. The average Bonchev–Trinajstić information content (AvgIpc) is 3.83. The second-order valence-corrected chi connectivity index (χ2v) is 14.1. The number of nitrogens with one attached hydrogen (secondary N) is 1. The minimum atomic E-state index is 1.03. The highest BCUT2D eigenvalue weighted by molar-refractivity contribution is 5.96. The van der Waals surface area contributed by atoms with Gasteiger partial charge in [0.05, 0.1) is 16.7 Å². The molecule has 0 aliphatic rings. The summed E-state index contributed by atoms with van der Waals surface area (Å²) in [5.74, 6) is 0. The first-order valence-corrected chi connectivity index (χ1v) is 19.9. The van der Waals surface area contributed by atoms with Crippen molar-refractivity contribution in [3.05, 3.63) is 243 Å². The third-order valence-electron chi connectivity index (χ3n) is 10.0. The van der Waals surface area contributed by atoms with Crippen LogP contribution in [0.5, 0.6) is 0 Å². The van der Waals surface area contributed by atoms with E-state index in [9.17, 15) is 0 Å². The van der Waals surface area contributed by atoms with Crippen molar-refractivity contribution < 1.29 is 0 Å². The van der Waals surface area contributed by atoms with Crippen LogP contribution in [0.2, 0.25) is 0 Å². The van der Waals surface area contributed by atoms with Crippen LogP contribution in [0.1, 0.15) is 30.8 Å². The van der Waals surface area contributed by atoms with Crippen LogP contribution < -0.4 is 5.32 Å². The van der Waals surface area contributed by atoms with Gasteiger partial charge in [-0.25, -0.2) is 0 Å². The highest BCUT2D eigenvalue weighted by Crippen LogP contribution is 2.34. The number of aromatic nitrogens is 2. The van der Waals surface area contributed by atoms with E-state index in [0.717, 1.165) is 56.1 Å². The maximum Gasteiger partial charge on any atom is 0.0541 e. The molecule has 0 aliphatic heterocycles. The highest BCUT2D eigenvalue weighted by atomic mass is 15.0. The first kappa shape index (κ1) is 39.6. The van der Waals surface area contributed by atoms with E-state index in [0.29, 0.717) is 0 Å². The zero-order valence-electron chi connectivity index (χ0n) is 33.8. The van der Waals surface area contributed by atoms with Gasteiger partial charge in [0, 0.05) is 44.8 Å². The van der Waals surface area contributed by atoms with Crippen molar-refractivity contribution in [1.29, 1.82) is 0 Å². The Labute approximate surface area is 348 Å². The zero-order valence-corrected chi connectivity index (χ0v) is 33.8. The smallest absolute Gasteiger partial charge is 0.0541 e. The topological polar surface area (TPSA) is 21.9 Å². The molecular formula is C56H49N3. The van der Waals surface area contributed by atoms with Gasteiger partial charge < -0.3 is 14.5 Å². The van der Waals surface area contributed by atoms with E-state index in [4.69, 9.17) is 0 Å². The summed E-state index contributed by atoms with van der Waals surface area (Å²) >= 11 is 0. The molecule has 3 nitrogen and oxygen atoms in total. The van der Waals surface area contributed by atoms with Gasteiger partial charge in [-0.15, -0.1) is 6.58 Å². The third-order valence-corrected chi connectivity index (χ3v) is 10.0. The molecule has 2 heterocycles. The first-order chi connectivity index (χ1) is 29.0. The van der Waals surface area contributed by atoms with Crippen molar-refractivity contribution in [3.8, 4) is 33.6 Å². The fourth-order valence-electron chi connectivity index (χ4n) is 7.40. The maximum atomic E-state index is 4.25. The molecule has 0 spiro atoms. The van der Waals surface area contributed by atoms with E-state index in [1.807, 2.05) is 67.6 Å². The molecule has 0 amide bonds. The largest absolute Gasteiger partial charge is 0.359 e. The molecule has 0 unspecified atom stereocenters. The van der Waals surface area contributed by atoms with Gasteiger partial charge in [0.1, 0.15) is 0 Å². The minimum absolute atomic E-state index is 1.03. The molecule has 7 aromatic carbocycles. The van der Waals surface area contributed by atoms with Gasteiger partial charge in [0.15, 0.2) is 0 Å². The first-order valence-electron chi connectivity index (χ1n) is 19.9. The lowest BCUT2D eigenvalue weighted by Gasteiger charge is -2.12. The molecule has 0 bridgehead atoms. The second kappa shape index (κ2) is 19.0. The molecule has 59 heavy (non-hydrogen) atoms. The number of nitrogens with zero attached hydrogens (tertiary/aromatic N) is 2. The predicted molar refractivity (Wildman–Crippen MR) is 257 cm³/mol. The van der Waals surface area contributed by atoms with Crippen molar-refractivity contribution in [2.75, 3.05) is 5.32 Å². The summed E-state index contributed by atoms with van der Waals surface area (Å²) < 4.78 is 4.56. The number of anilines is 1. The van der Waals surface area contributed by atoms with Gasteiger partial charge in [-0.3, -0.25) is 0 Å². The molecule has 3 heteroatoms.